The van der Waals surface area contributed by atoms with Gasteiger partial charge in [0.15, 0.2) is 0 Å². The van der Waals surface area contributed by atoms with Gasteiger partial charge in [-0.3, -0.25) is 18.7 Å². The summed E-state index contributed by atoms with van der Waals surface area (Å²) in [6.45, 7) is 1.45. The van der Waals surface area contributed by atoms with Gasteiger partial charge in [-0.15, -0.1) is 0 Å². The summed E-state index contributed by atoms with van der Waals surface area (Å²) in [7, 11) is 0. The van der Waals surface area contributed by atoms with Gasteiger partial charge in [0.1, 0.15) is 6.54 Å². The minimum atomic E-state index is -1.12. The van der Waals surface area contributed by atoms with Gasteiger partial charge in [0.05, 0.1) is 0 Å². The van der Waals surface area contributed by atoms with Crippen molar-refractivity contribution < 1.29 is 9.90 Å². The van der Waals surface area contributed by atoms with Gasteiger partial charge in [-0.1, -0.05) is 0 Å². The van der Waals surface area contributed by atoms with Gasteiger partial charge in [0.2, 0.25) is 0 Å². The van der Waals surface area contributed by atoms with Crippen molar-refractivity contribution in [3.63, 3.8) is 0 Å². The average Bonchev–Trinajstić information content (AvgIpc) is 2.10. The first-order chi connectivity index (χ1) is 6.56. The summed E-state index contributed by atoms with van der Waals surface area (Å²) in [5.41, 5.74) is -1.01. The van der Waals surface area contributed by atoms with E-state index in [2.05, 4.69) is 0 Å². The summed E-state index contributed by atoms with van der Waals surface area (Å²) in [5, 5.41) is 8.48. The summed E-state index contributed by atoms with van der Waals surface area (Å²) in [6.07, 6.45) is 1.19. The standard InChI is InChI=1S/C8H10N2O4/c1-2-10-6(11)3-4-9(8(10)14)5-7(12)13/h3-4H,2,5H2,1H3,(H,12,13). The third kappa shape index (κ3) is 1.90. The molecule has 1 aromatic heterocycles. The fourth-order valence-corrected chi connectivity index (χ4v) is 1.11. The smallest absolute Gasteiger partial charge is 0.331 e. The van der Waals surface area contributed by atoms with Crippen molar-refractivity contribution >= 4 is 5.97 Å². The second kappa shape index (κ2) is 3.91. The Labute approximate surface area is 79.0 Å². The Balaban J connectivity index is 3.29. The third-order valence-electron chi connectivity index (χ3n) is 1.76. The van der Waals surface area contributed by atoms with Crippen LogP contribution in [0, 0.1) is 0 Å². The van der Waals surface area contributed by atoms with Gasteiger partial charge in [-0.2, -0.15) is 0 Å². The van der Waals surface area contributed by atoms with Gasteiger partial charge in [0, 0.05) is 18.8 Å². The highest BCUT2D eigenvalue weighted by Crippen LogP contribution is 1.79. The molecule has 6 heteroatoms. The molecule has 1 aromatic rings. The first-order valence-corrected chi connectivity index (χ1v) is 4.08. The van der Waals surface area contributed by atoms with Crippen LogP contribution >= 0.6 is 0 Å². The van der Waals surface area contributed by atoms with Crippen LogP contribution in [0.5, 0.6) is 0 Å². The molecule has 0 aliphatic rings. The molecule has 0 bridgehead atoms. The molecule has 0 fully saturated rings. The lowest BCUT2D eigenvalue weighted by atomic mass is 10.5. The number of carbonyl (C=O) groups is 1. The second-order valence-corrected chi connectivity index (χ2v) is 2.70. The molecule has 14 heavy (non-hydrogen) atoms. The van der Waals surface area contributed by atoms with E-state index in [4.69, 9.17) is 5.11 Å². The van der Waals surface area contributed by atoms with Crippen molar-refractivity contribution in [2.45, 2.75) is 20.0 Å². The predicted molar refractivity (Wildman–Crippen MR) is 48.3 cm³/mol. The SMILES string of the molecule is CCn1c(=O)ccn(CC(=O)O)c1=O. The zero-order valence-electron chi connectivity index (χ0n) is 7.64. The van der Waals surface area contributed by atoms with E-state index in [1.165, 1.54) is 12.3 Å². The van der Waals surface area contributed by atoms with Crippen LogP contribution in [0.25, 0.3) is 0 Å². The van der Waals surface area contributed by atoms with E-state index in [0.29, 0.717) is 0 Å². The molecule has 0 radical (unpaired) electrons. The fraction of sp³-hybridized carbons (Fsp3) is 0.375. The molecule has 0 aliphatic carbocycles. The summed E-state index contributed by atoms with van der Waals surface area (Å²) >= 11 is 0. The van der Waals surface area contributed by atoms with Crippen LogP contribution in [0.4, 0.5) is 0 Å². The lowest BCUT2D eigenvalue weighted by Gasteiger charge is -2.04. The summed E-state index contributed by atoms with van der Waals surface area (Å²) < 4.78 is 1.95. The van der Waals surface area contributed by atoms with E-state index in [0.717, 1.165) is 9.13 Å². The Hall–Kier alpha value is -1.85. The topological polar surface area (TPSA) is 81.3 Å². The molecule has 0 amide bonds. The van der Waals surface area contributed by atoms with Crippen molar-refractivity contribution in [2.24, 2.45) is 0 Å². The maximum absolute atomic E-state index is 11.4. The predicted octanol–water partition coefficient (Wildman–Crippen LogP) is -0.886. The second-order valence-electron chi connectivity index (χ2n) is 2.70. The molecule has 1 rings (SSSR count). The van der Waals surface area contributed by atoms with E-state index in [1.54, 1.807) is 6.92 Å². The first kappa shape index (κ1) is 10.2. The Bertz CT molecular complexity index is 457. The maximum atomic E-state index is 11.4. The highest BCUT2D eigenvalue weighted by atomic mass is 16.4. The zero-order valence-corrected chi connectivity index (χ0v) is 7.64. The van der Waals surface area contributed by atoms with Crippen molar-refractivity contribution in [3.8, 4) is 0 Å². The van der Waals surface area contributed by atoms with Crippen LogP contribution in [0.3, 0.4) is 0 Å². The van der Waals surface area contributed by atoms with Crippen LogP contribution in [-0.4, -0.2) is 20.2 Å². The monoisotopic (exact) mass is 198 g/mol. The quantitative estimate of drug-likeness (QED) is 0.683. The molecule has 76 valence electrons. The van der Waals surface area contributed by atoms with Gasteiger partial charge in [-0.25, -0.2) is 4.79 Å². The Morgan fingerprint density at radius 2 is 2.14 bits per heavy atom. The number of hydrogen-bond donors (Lipinski definition) is 1. The van der Waals surface area contributed by atoms with E-state index < -0.39 is 23.8 Å². The maximum Gasteiger partial charge on any atom is 0.331 e. The molecular weight excluding hydrogens is 188 g/mol. The zero-order chi connectivity index (χ0) is 10.7. The highest BCUT2D eigenvalue weighted by Gasteiger charge is 2.05. The van der Waals surface area contributed by atoms with E-state index in [9.17, 15) is 14.4 Å². The third-order valence-corrected chi connectivity index (χ3v) is 1.76. The molecule has 1 N–H and O–H groups in total. The van der Waals surface area contributed by atoms with Crippen molar-refractivity contribution in [1.82, 2.24) is 9.13 Å². The molecule has 0 aliphatic heterocycles. The number of aliphatic carboxylic acids is 1. The number of carboxylic acid groups (broad SMARTS) is 1. The fourth-order valence-electron chi connectivity index (χ4n) is 1.11. The molecule has 0 spiro atoms. The van der Waals surface area contributed by atoms with Gasteiger partial charge < -0.3 is 5.11 Å². The molecule has 0 saturated carbocycles. The van der Waals surface area contributed by atoms with Gasteiger partial charge >= 0.3 is 11.7 Å². The molecule has 0 atom stereocenters. The van der Waals surface area contributed by atoms with Crippen LogP contribution in [0.15, 0.2) is 21.9 Å². The number of aromatic nitrogens is 2. The molecule has 0 unspecified atom stereocenters. The van der Waals surface area contributed by atoms with E-state index in [-0.39, 0.29) is 6.54 Å². The van der Waals surface area contributed by atoms with Crippen molar-refractivity contribution in [3.05, 3.63) is 33.1 Å². The number of carboxylic acids is 1. The Kier molecular flexibility index (Phi) is 2.85. The molecule has 0 saturated heterocycles. The lowest BCUT2D eigenvalue weighted by Crippen LogP contribution is -2.39. The van der Waals surface area contributed by atoms with Crippen LogP contribution < -0.4 is 11.2 Å². The Morgan fingerprint density at radius 3 is 2.64 bits per heavy atom. The number of rotatable bonds is 3. The minimum Gasteiger partial charge on any atom is -0.480 e. The normalized spacial score (nSPS) is 10.1. The summed E-state index contributed by atoms with van der Waals surface area (Å²) in [5.74, 6) is -1.12. The number of nitrogens with zero attached hydrogens (tertiary/aromatic N) is 2. The van der Waals surface area contributed by atoms with Crippen molar-refractivity contribution in [2.75, 3.05) is 0 Å². The molecular formula is C8H10N2O4. The van der Waals surface area contributed by atoms with Crippen LogP contribution in [0.2, 0.25) is 0 Å². The van der Waals surface area contributed by atoms with Gasteiger partial charge in [-0.05, 0) is 6.92 Å². The van der Waals surface area contributed by atoms with E-state index in [1.807, 2.05) is 0 Å². The summed E-state index contributed by atoms with van der Waals surface area (Å²) in [4.78, 5) is 32.9. The highest BCUT2D eigenvalue weighted by molar-refractivity contribution is 5.66. The average molecular weight is 198 g/mol. The van der Waals surface area contributed by atoms with Crippen LogP contribution in [-0.2, 0) is 17.9 Å². The minimum absolute atomic E-state index is 0.234. The molecule has 1 heterocycles. The number of hydrogen-bond acceptors (Lipinski definition) is 3. The van der Waals surface area contributed by atoms with Gasteiger partial charge in [0.25, 0.3) is 5.56 Å². The largest absolute Gasteiger partial charge is 0.480 e. The van der Waals surface area contributed by atoms with Crippen LogP contribution in [0.1, 0.15) is 6.92 Å². The van der Waals surface area contributed by atoms with E-state index >= 15 is 0 Å². The Morgan fingerprint density at radius 1 is 1.50 bits per heavy atom. The molecule has 0 aromatic carbocycles. The molecule has 6 nitrogen and oxygen atoms in total. The summed E-state index contributed by atoms with van der Waals surface area (Å²) in [6, 6.07) is 1.17. The first-order valence-electron chi connectivity index (χ1n) is 4.08. The van der Waals surface area contributed by atoms with Crippen molar-refractivity contribution in [1.29, 1.82) is 0 Å². The lowest BCUT2D eigenvalue weighted by molar-refractivity contribution is -0.137.